The molecule has 0 amide bonds. The van der Waals surface area contributed by atoms with Crippen molar-refractivity contribution >= 4 is 34.1 Å². The second-order valence-electron chi connectivity index (χ2n) is 7.99. The number of anilines is 1. The van der Waals surface area contributed by atoms with Crippen LogP contribution in [0.3, 0.4) is 0 Å². The van der Waals surface area contributed by atoms with Crippen LogP contribution in [-0.4, -0.2) is 42.6 Å². The predicted octanol–water partition coefficient (Wildman–Crippen LogP) is 5.17. The Morgan fingerprint density at radius 1 is 1.19 bits per heavy atom. The molecule has 10 heteroatoms. The lowest BCUT2D eigenvalue weighted by Gasteiger charge is -2.50. The van der Waals surface area contributed by atoms with Gasteiger partial charge >= 0.3 is 6.18 Å². The highest BCUT2D eigenvalue weighted by atomic mass is 32.1. The number of carbonyl (C=O) groups is 1. The summed E-state index contributed by atoms with van der Waals surface area (Å²) in [6.07, 6.45) is -4.17. The summed E-state index contributed by atoms with van der Waals surface area (Å²) in [4.78, 5) is 25.2. The first kappa shape index (κ1) is 22.9. The Kier molecular flexibility index (Phi) is 6.12. The first-order valence-corrected chi connectivity index (χ1v) is 11.6. The molecule has 1 aromatic carbocycles. The van der Waals surface area contributed by atoms with Crippen LogP contribution in [0.1, 0.15) is 21.3 Å². The van der Waals surface area contributed by atoms with Gasteiger partial charge in [-0.25, -0.2) is 9.97 Å². The Bertz CT molecular complexity index is 1120. The van der Waals surface area contributed by atoms with Gasteiger partial charge in [0.2, 0.25) is 0 Å². The number of halogens is 3. The first-order valence-electron chi connectivity index (χ1n) is 9.94. The molecule has 0 atom stereocenters. The quantitative estimate of drug-likeness (QED) is 0.466. The number of Topliss-reactive ketones (excluding diaryl/α,β-unsaturated/α-hetero) is 1. The van der Waals surface area contributed by atoms with E-state index in [0.717, 1.165) is 38.4 Å². The number of benzene rings is 1. The molecular weight excluding hydrogens is 459 g/mol. The van der Waals surface area contributed by atoms with Crippen LogP contribution in [0.2, 0.25) is 0 Å². The molecular formula is C22H22F3N3O2S2. The summed E-state index contributed by atoms with van der Waals surface area (Å²) in [5, 5.41) is 3.65. The molecule has 1 saturated heterocycles. The molecule has 5 nitrogen and oxygen atoms in total. The Morgan fingerprint density at radius 3 is 2.44 bits per heavy atom. The third kappa shape index (κ3) is 4.44. The van der Waals surface area contributed by atoms with E-state index in [4.69, 9.17) is 4.74 Å². The average molecular weight is 482 g/mol. The number of nitrogens with zero attached hydrogens (tertiary/aromatic N) is 3. The van der Waals surface area contributed by atoms with E-state index in [1.165, 1.54) is 23.5 Å². The molecule has 1 aliphatic rings. The zero-order chi connectivity index (χ0) is 23.1. The molecule has 0 N–H and O–H groups in total. The Morgan fingerprint density at radius 2 is 1.88 bits per heavy atom. The van der Waals surface area contributed by atoms with E-state index in [9.17, 15) is 18.0 Å². The summed E-state index contributed by atoms with van der Waals surface area (Å²) < 4.78 is 43.7. The van der Waals surface area contributed by atoms with Crippen molar-refractivity contribution in [2.45, 2.75) is 26.4 Å². The molecule has 1 fully saturated rings. The van der Waals surface area contributed by atoms with E-state index in [1.54, 1.807) is 18.4 Å². The van der Waals surface area contributed by atoms with E-state index >= 15 is 0 Å². The van der Waals surface area contributed by atoms with Crippen molar-refractivity contribution < 1.29 is 22.7 Å². The van der Waals surface area contributed by atoms with Gasteiger partial charge in [-0.3, -0.25) is 4.79 Å². The van der Waals surface area contributed by atoms with Crippen molar-refractivity contribution in [2.24, 2.45) is 5.41 Å². The topological polar surface area (TPSA) is 55.3 Å². The lowest BCUT2D eigenvalue weighted by atomic mass is 9.75. The van der Waals surface area contributed by atoms with Gasteiger partial charge in [0, 0.05) is 31.3 Å². The number of rotatable bonds is 7. The van der Waals surface area contributed by atoms with Crippen molar-refractivity contribution in [1.29, 1.82) is 0 Å². The van der Waals surface area contributed by atoms with Crippen LogP contribution >= 0.6 is 22.7 Å². The van der Waals surface area contributed by atoms with Gasteiger partial charge < -0.3 is 9.64 Å². The maximum atomic E-state index is 13.2. The highest BCUT2D eigenvalue weighted by Gasteiger charge is 2.49. The Hall–Kier alpha value is -2.30. The van der Waals surface area contributed by atoms with Gasteiger partial charge in [-0.1, -0.05) is 0 Å². The average Bonchev–Trinajstić information content (AvgIpc) is 3.29. The van der Waals surface area contributed by atoms with Gasteiger partial charge in [-0.2, -0.15) is 13.2 Å². The molecule has 0 spiro atoms. The Labute approximate surface area is 191 Å². The molecule has 3 heterocycles. The van der Waals surface area contributed by atoms with Crippen molar-refractivity contribution in [3.63, 3.8) is 0 Å². The van der Waals surface area contributed by atoms with Crippen LogP contribution in [0.15, 0.2) is 29.6 Å². The minimum Gasteiger partial charge on any atom is -0.384 e. The van der Waals surface area contributed by atoms with Crippen LogP contribution in [-0.2, 0) is 22.1 Å². The number of aryl methyl sites for hydroxylation is 2. The number of aromatic nitrogens is 2. The van der Waals surface area contributed by atoms with E-state index < -0.39 is 17.2 Å². The summed E-state index contributed by atoms with van der Waals surface area (Å²) in [6, 6.07) is 5.01. The van der Waals surface area contributed by atoms with E-state index in [2.05, 4.69) is 9.97 Å². The summed E-state index contributed by atoms with van der Waals surface area (Å²) in [7, 11) is 1.55. The highest BCUT2D eigenvalue weighted by Crippen LogP contribution is 2.39. The summed E-state index contributed by atoms with van der Waals surface area (Å²) in [5.74, 6) is 0.0284. The third-order valence-corrected chi connectivity index (χ3v) is 7.50. The van der Waals surface area contributed by atoms with Crippen LogP contribution < -0.4 is 4.90 Å². The van der Waals surface area contributed by atoms with Gasteiger partial charge in [-0.05, 0) is 38.1 Å². The monoisotopic (exact) mass is 481 g/mol. The molecule has 0 radical (unpaired) electrons. The number of methoxy groups -OCH3 is 1. The molecule has 0 aliphatic carbocycles. The zero-order valence-electron chi connectivity index (χ0n) is 17.8. The molecule has 3 aromatic rings. The summed E-state index contributed by atoms with van der Waals surface area (Å²) in [6.45, 7) is 4.95. The van der Waals surface area contributed by atoms with E-state index in [-0.39, 0.29) is 18.8 Å². The maximum Gasteiger partial charge on any atom is 0.416 e. The number of carbonyl (C=O) groups excluding carboxylic acids is 1. The largest absolute Gasteiger partial charge is 0.416 e. The van der Waals surface area contributed by atoms with Crippen molar-refractivity contribution in [1.82, 2.24) is 9.97 Å². The second kappa shape index (κ2) is 8.57. The van der Waals surface area contributed by atoms with Crippen LogP contribution in [0.4, 0.5) is 18.9 Å². The van der Waals surface area contributed by atoms with Crippen molar-refractivity contribution in [3.05, 3.63) is 50.9 Å². The lowest BCUT2D eigenvalue weighted by Crippen LogP contribution is -2.63. The number of ether oxygens (including phenoxy) is 1. The molecule has 0 bridgehead atoms. The fraction of sp³-hybridized carbons (Fsp3) is 0.409. The van der Waals surface area contributed by atoms with Gasteiger partial charge in [0.1, 0.15) is 5.01 Å². The molecule has 1 aliphatic heterocycles. The predicted molar refractivity (Wildman–Crippen MR) is 119 cm³/mol. The van der Waals surface area contributed by atoms with Gasteiger partial charge in [0.15, 0.2) is 5.78 Å². The number of thiazole rings is 2. The standard InChI is InChI=1S/C22H22F3N3O2S2/c1-13-20(32-14(2)26-13)17-9-31-19(27-17)8-18(29)21(12-30-3)10-28(11-21)16-6-4-15(5-7-16)22(23,24)25/h4-7,9H,8,10-12H2,1-3H3. The molecule has 0 unspecified atom stereocenters. The van der Waals surface area contributed by atoms with Crippen molar-refractivity contribution in [3.8, 4) is 10.6 Å². The minimum atomic E-state index is -4.37. The number of hydrogen-bond acceptors (Lipinski definition) is 7. The smallest absolute Gasteiger partial charge is 0.384 e. The number of ketones is 1. The fourth-order valence-corrected chi connectivity index (χ4v) is 5.68. The van der Waals surface area contributed by atoms with Crippen LogP contribution in [0, 0.1) is 19.3 Å². The van der Waals surface area contributed by atoms with Gasteiger partial charge in [-0.15, -0.1) is 22.7 Å². The van der Waals surface area contributed by atoms with Crippen LogP contribution in [0.25, 0.3) is 10.6 Å². The third-order valence-electron chi connectivity index (χ3n) is 5.56. The summed E-state index contributed by atoms with van der Waals surface area (Å²) >= 11 is 3.03. The fourth-order valence-electron chi connectivity index (χ4n) is 3.94. The molecule has 170 valence electrons. The lowest BCUT2D eigenvalue weighted by molar-refractivity contribution is -0.137. The SMILES string of the molecule is COCC1(C(=O)Cc2nc(-c3sc(C)nc3C)cs2)CN(c2ccc(C(F)(F)F)cc2)C1. The number of alkyl halides is 3. The molecule has 32 heavy (non-hydrogen) atoms. The maximum absolute atomic E-state index is 13.2. The second-order valence-corrected chi connectivity index (χ2v) is 10.1. The first-order chi connectivity index (χ1) is 15.1. The minimum absolute atomic E-state index is 0.0284. The van der Waals surface area contributed by atoms with Crippen LogP contribution in [0.5, 0.6) is 0 Å². The summed E-state index contributed by atoms with van der Waals surface area (Å²) in [5.41, 5.74) is 1.04. The van der Waals surface area contributed by atoms with Gasteiger partial charge in [0.05, 0.1) is 45.3 Å². The molecule has 0 saturated carbocycles. The number of hydrogen-bond donors (Lipinski definition) is 0. The van der Waals surface area contributed by atoms with E-state index in [0.29, 0.717) is 18.8 Å². The zero-order valence-corrected chi connectivity index (χ0v) is 19.5. The highest BCUT2D eigenvalue weighted by molar-refractivity contribution is 7.16. The molecule has 4 rings (SSSR count). The van der Waals surface area contributed by atoms with Crippen molar-refractivity contribution in [2.75, 3.05) is 31.7 Å². The molecule has 2 aromatic heterocycles. The van der Waals surface area contributed by atoms with Gasteiger partial charge in [0.25, 0.3) is 0 Å². The Balaban J connectivity index is 1.45. The normalized spacial score (nSPS) is 15.6. The van der Waals surface area contributed by atoms with E-state index in [1.807, 2.05) is 24.1 Å².